The molecule has 0 bridgehead atoms. The zero-order valence-corrected chi connectivity index (χ0v) is 20.2. The molecule has 2 aromatic rings. The van der Waals surface area contributed by atoms with Crippen LogP contribution in [0.3, 0.4) is 0 Å². The number of nitriles is 1. The molecule has 2 N–H and O–H groups in total. The van der Waals surface area contributed by atoms with Crippen LogP contribution in [-0.2, 0) is 0 Å². The summed E-state index contributed by atoms with van der Waals surface area (Å²) in [7, 11) is 2.06. The molecule has 7 nitrogen and oxygen atoms in total. The normalized spacial score (nSPS) is 29.1. The molecule has 3 fully saturated rings. The molecule has 1 aromatic carbocycles. The topological polar surface area (TPSA) is 90.2 Å². The number of alkyl halides is 2. The molecule has 9 heteroatoms. The molecule has 0 spiro atoms. The highest BCUT2D eigenvalue weighted by Crippen LogP contribution is 2.58. The van der Waals surface area contributed by atoms with Crippen LogP contribution in [0.1, 0.15) is 53.0 Å². The van der Waals surface area contributed by atoms with Crippen molar-refractivity contribution in [3.05, 3.63) is 63.1 Å². The third-order valence-electron chi connectivity index (χ3n) is 8.00. The predicted octanol–water partition coefficient (Wildman–Crippen LogP) is 3.32. The van der Waals surface area contributed by atoms with Crippen molar-refractivity contribution in [2.45, 2.75) is 44.8 Å². The Labute approximate surface area is 202 Å². The summed E-state index contributed by atoms with van der Waals surface area (Å²) >= 11 is 0. The number of carbonyl (C=O) groups is 1. The molecule has 2 aliphatic carbocycles. The Kier molecular flexibility index (Phi) is 5.48. The Morgan fingerprint density at radius 1 is 1.29 bits per heavy atom. The van der Waals surface area contributed by atoms with Gasteiger partial charge >= 0.3 is 0 Å². The molecule has 2 saturated carbocycles. The predicted molar refractivity (Wildman–Crippen MR) is 128 cm³/mol. The molecule has 5 rings (SSSR count). The number of nitrogens with zero attached hydrogens (tertiary/aromatic N) is 3. The van der Waals surface area contributed by atoms with Gasteiger partial charge in [-0.05, 0) is 49.9 Å². The number of likely N-dealkylation sites (tertiary alicyclic amines) is 1. The van der Waals surface area contributed by atoms with Crippen molar-refractivity contribution < 1.29 is 13.6 Å². The SMILES string of the molecule is Cc1c(C#N)cccc1[C@@H](C)NC(=O)c1cn([C@H]2[C@H](C)C2(F)F)c(=O)cc1N[C@H]1[C@@H]2CN(C)C[C@@H]21. The Hall–Kier alpha value is -3.25. The number of fused-ring (bicyclic) bond motifs is 1. The Balaban J connectivity index is 1.45. The van der Waals surface area contributed by atoms with Crippen molar-refractivity contribution in [1.82, 2.24) is 14.8 Å². The van der Waals surface area contributed by atoms with Crippen molar-refractivity contribution in [3.63, 3.8) is 0 Å². The average Bonchev–Trinajstić information content (AvgIpc) is 3.48. The number of benzene rings is 1. The van der Waals surface area contributed by atoms with Crippen molar-refractivity contribution in [2.24, 2.45) is 17.8 Å². The van der Waals surface area contributed by atoms with Gasteiger partial charge in [-0.2, -0.15) is 5.26 Å². The smallest absolute Gasteiger partial charge is 0.273 e. The number of rotatable bonds is 6. The molecule has 6 atom stereocenters. The number of halogens is 2. The first-order chi connectivity index (χ1) is 16.5. The van der Waals surface area contributed by atoms with E-state index in [4.69, 9.17) is 0 Å². The maximum absolute atomic E-state index is 14.1. The van der Waals surface area contributed by atoms with Crippen LogP contribution in [0.15, 0.2) is 35.3 Å². The van der Waals surface area contributed by atoms with E-state index in [2.05, 4.69) is 28.7 Å². The Morgan fingerprint density at radius 2 is 1.94 bits per heavy atom. The van der Waals surface area contributed by atoms with Crippen molar-refractivity contribution >= 4 is 11.6 Å². The number of carbonyl (C=O) groups excluding carboxylic acids is 1. The molecule has 3 aliphatic rings. The van der Waals surface area contributed by atoms with Gasteiger partial charge < -0.3 is 20.1 Å². The lowest BCUT2D eigenvalue weighted by molar-refractivity contribution is 0.0868. The number of anilines is 1. The minimum atomic E-state index is -2.98. The second-order valence-corrected chi connectivity index (χ2v) is 10.3. The number of amides is 1. The summed E-state index contributed by atoms with van der Waals surface area (Å²) in [6.45, 7) is 6.92. The third kappa shape index (κ3) is 3.90. The summed E-state index contributed by atoms with van der Waals surface area (Å²) in [6, 6.07) is 7.21. The molecule has 1 aromatic heterocycles. The number of aromatic nitrogens is 1. The maximum atomic E-state index is 14.1. The average molecular weight is 482 g/mol. The van der Waals surface area contributed by atoms with E-state index < -0.39 is 35.4 Å². The molecular weight excluding hydrogens is 452 g/mol. The highest BCUT2D eigenvalue weighted by Gasteiger charge is 2.67. The van der Waals surface area contributed by atoms with Crippen LogP contribution in [0.5, 0.6) is 0 Å². The van der Waals surface area contributed by atoms with Crippen LogP contribution in [0.4, 0.5) is 14.5 Å². The quantitative estimate of drug-likeness (QED) is 0.661. The fourth-order valence-electron chi connectivity index (χ4n) is 5.68. The number of pyridine rings is 1. The van der Waals surface area contributed by atoms with Crippen LogP contribution >= 0.6 is 0 Å². The summed E-state index contributed by atoms with van der Waals surface area (Å²) in [6.07, 6.45) is 1.28. The van der Waals surface area contributed by atoms with Gasteiger partial charge in [0.25, 0.3) is 17.4 Å². The zero-order valence-electron chi connectivity index (χ0n) is 20.2. The Bertz CT molecular complexity index is 1290. The number of hydrogen-bond acceptors (Lipinski definition) is 5. The number of piperidine rings is 1. The van der Waals surface area contributed by atoms with E-state index in [0.29, 0.717) is 23.1 Å². The largest absolute Gasteiger partial charge is 0.381 e. The summed E-state index contributed by atoms with van der Waals surface area (Å²) in [5, 5.41) is 15.6. The van der Waals surface area contributed by atoms with Crippen molar-refractivity contribution in [2.75, 3.05) is 25.5 Å². The number of hydrogen-bond donors (Lipinski definition) is 2. The van der Waals surface area contributed by atoms with Gasteiger partial charge in [0.15, 0.2) is 0 Å². The fourth-order valence-corrected chi connectivity index (χ4v) is 5.68. The van der Waals surface area contributed by atoms with Gasteiger partial charge in [0.1, 0.15) is 6.04 Å². The van der Waals surface area contributed by atoms with Gasteiger partial charge in [-0.3, -0.25) is 9.59 Å². The minimum Gasteiger partial charge on any atom is -0.381 e. The number of nitrogens with one attached hydrogen (secondary N) is 2. The van der Waals surface area contributed by atoms with E-state index in [1.54, 1.807) is 12.1 Å². The highest BCUT2D eigenvalue weighted by atomic mass is 19.3. The first kappa shape index (κ1) is 23.5. The Morgan fingerprint density at radius 3 is 2.54 bits per heavy atom. The van der Waals surface area contributed by atoms with Crippen LogP contribution in [0.2, 0.25) is 0 Å². The van der Waals surface area contributed by atoms with E-state index in [1.807, 2.05) is 19.9 Å². The van der Waals surface area contributed by atoms with Gasteiger partial charge in [0, 0.05) is 37.3 Å². The van der Waals surface area contributed by atoms with Crippen molar-refractivity contribution in [3.8, 4) is 6.07 Å². The summed E-state index contributed by atoms with van der Waals surface area (Å²) in [5.41, 5.74) is 2.08. The summed E-state index contributed by atoms with van der Waals surface area (Å²) < 4.78 is 29.3. The van der Waals surface area contributed by atoms with E-state index in [-0.39, 0.29) is 11.6 Å². The molecule has 0 radical (unpaired) electrons. The van der Waals surface area contributed by atoms with Crippen LogP contribution < -0.4 is 16.2 Å². The molecule has 35 heavy (non-hydrogen) atoms. The zero-order chi connectivity index (χ0) is 25.2. The van der Waals surface area contributed by atoms with Crippen LogP contribution in [-0.4, -0.2) is 47.5 Å². The van der Waals surface area contributed by atoms with Gasteiger partial charge in [-0.25, -0.2) is 8.78 Å². The maximum Gasteiger partial charge on any atom is 0.273 e. The van der Waals surface area contributed by atoms with E-state index in [9.17, 15) is 23.6 Å². The van der Waals surface area contributed by atoms with Gasteiger partial charge in [0.2, 0.25) is 0 Å². The van der Waals surface area contributed by atoms with E-state index in [0.717, 1.165) is 28.8 Å². The lowest BCUT2D eigenvalue weighted by Crippen LogP contribution is -2.32. The van der Waals surface area contributed by atoms with Gasteiger partial charge in [-0.15, -0.1) is 0 Å². The van der Waals surface area contributed by atoms with E-state index in [1.165, 1.54) is 19.2 Å². The molecule has 184 valence electrons. The highest BCUT2D eigenvalue weighted by molar-refractivity contribution is 5.99. The molecule has 0 unspecified atom stereocenters. The van der Waals surface area contributed by atoms with Crippen LogP contribution in [0, 0.1) is 36.0 Å². The standard InChI is InChI=1S/C26H29F2N5O2/c1-13-16(9-29)6-5-7-17(13)15(3)30-25(35)20-12-33(24-14(2)26(24,27)28)22(34)8-21(20)31-23-18-10-32(4)11-19(18)23/h5-8,12,14-15,18-19,23-24,31H,10-11H2,1-4H3,(H,30,35)/t14-,15+,18-,19+,23+,24-/m0/s1. The van der Waals surface area contributed by atoms with Crippen LogP contribution in [0.25, 0.3) is 0 Å². The molecule has 2 heterocycles. The van der Waals surface area contributed by atoms with Crippen molar-refractivity contribution in [1.29, 1.82) is 5.26 Å². The fraction of sp³-hybridized carbons (Fsp3) is 0.500. The molecular formula is C26H29F2N5O2. The van der Waals surface area contributed by atoms with E-state index >= 15 is 0 Å². The first-order valence-corrected chi connectivity index (χ1v) is 11.9. The van der Waals surface area contributed by atoms with Gasteiger partial charge in [-0.1, -0.05) is 19.1 Å². The third-order valence-corrected chi connectivity index (χ3v) is 8.00. The molecule has 1 amide bonds. The second kappa shape index (κ2) is 8.16. The monoisotopic (exact) mass is 481 g/mol. The lowest BCUT2D eigenvalue weighted by Gasteiger charge is -2.21. The lowest BCUT2D eigenvalue weighted by atomic mass is 9.98. The minimum absolute atomic E-state index is 0.154. The summed E-state index contributed by atoms with van der Waals surface area (Å²) in [5.74, 6) is -3.52. The molecule has 1 aliphatic heterocycles. The van der Waals surface area contributed by atoms with Gasteiger partial charge in [0.05, 0.1) is 28.9 Å². The second-order valence-electron chi connectivity index (χ2n) is 10.3. The molecule has 1 saturated heterocycles. The first-order valence-electron chi connectivity index (χ1n) is 11.9. The summed E-state index contributed by atoms with van der Waals surface area (Å²) in [4.78, 5) is 28.5.